The van der Waals surface area contributed by atoms with E-state index in [9.17, 15) is 0 Å². The molecule has 0 saturated heterocycles. The van der Waals surface area contributed by atoms with Crippen molar-refractivity contribution in [3.05, 3.63) is 34.9 Å². The number of nitrogens with zero attached hydrogens (tertiary/aromatic N) is 1. The Bertz CT molecular complexity index is 411. The van der Waals surface area contributed by atoms with Crippen LogP contribution in [0.3, 0.4) is 0 Å². The van der Waals surface area contributed by atoms with Gasteiger partial charge in [0.1, 0.15) is 0 Å². The van der Waals surface area contributed by atoms with Gasteiger partial charge in [-0.1, -0.05) is 55.5 Å². The van der Waals surface area contributed by atoms with Gasteiger partial charge in [0.05, 0.1) is 0 Å². The number of rotatable bonds is 5. The average molecular weight is 295 g/mol. The molecule has 1 fully saturated rings. The standard InChI is InChI=1S/C17H27ClN2/c1-20(12-15-8-4-5-9-16(15)18)14-17(13-19)10-6-2-3-7-11-17/h4-5,8-9H,2-3,6-7,10-14,19H2,1H3. The molecule has 1 saturated carbocycles. The molecule has 0 spiro atoms. The molecule has 20 heavy (non-hydrogen) atoms. The Morgan fingerprint density at radius 3 is 2.40 bits per heavy atom. The Morgan fingerprint density at radius 1 is 1.15 bits per heavy atom. The summed E-state index contributed by atoms with van der Waals surface area (Å²) in [6.45, 7) is 2.79. The van der Waals surface area contributed by atoms with E-state index in [4.69, 9.17) is 17.3 Å². The van der Waals surface area contributed by atoms with Crippen molar-refractivity contribution in [1.29, 1.82) is 0 Å². The molecule has 112 valence electrons. The summed E-state index contributed by atoms with van der Waals surface area (Å²) in [5.74, 6) is 0. The molecule has 1 aromatic carbocycles. The molecular weight excluding hydrogens is 268 g/mol. The molecule has 0 atom stereocenters. The summed E-state index contributed by atoms with van der Waals surface area (Å²) in [6, 6.07) is 8.12. The van der Waals surface area contributed by atoms with E-state index in [1.165, 1.54) is 44.1 Å². The van der Waals surface area contributed by atoms with Gasteiger partial charge < -0.3 is 10.6 Å². The number of halogens is 1. The van der Waals surface area contributed by atoms with E-state index in [-0.39, 0.29) is 0 Å². The lowest BCUT2D eigenvalue weighted by molar-refractivity contribution is 0.153. The Balaban J connectivity index is 1.98. The highest BCUT2D eigenvalue weighted by atomic mass is 35.5. The first-order chi connectivity index (χ1) is 9.65. The highest BCUT2D eigenvalue weighted by molar-refractivity contribution is 6.31. The van der Waals surface area contributed by atoms with Crippen molar-refractivity contribution < 1.29 is 0 Å². The highest BCUT2D eigenvalue weighted by Crippen LogP contribution is 2.35. The second kappa shape index (κ2) is 7.44. The van der Waals surface area contributed by atoms with Crippen LogP contribution < -0.4 is 5.73 Å². The Labute approximate surface area is 128 Å². The first kappa shape index (κ1) is 15.8. The van der Waals surface area contributed by atoms with Gasteiger partial charge in [-0.05, 0) is 43.5 Å². The molecular formula is C17H27ClN2. The van der Waals surface area contributed by atoms with Crippen LogP contribution in [0.1, 0.15) is 44.1 Å². The zero-order valence-electron chi connectivity index (χ0n) is 12.6. The van der Waals surface area contributed by atoms with Gasteiger partial charge >= 0.3 is 0 Å². The summed E-state index contributed by atoms with van der Waals surface area (Å²) < 4.78 is 0. The van der Waals surface area contributed by atoms with Crippen LogP contribution in [0.15, 0.2) is 24.3 Å². The van der Waals surface area contributed by atoms with E-state index in [1.807, 2.05) is 12.1 Å². The smallest absolute Gasteiger partial charge is 0.0451 e. The van der Waals surface area contributed by atoms with Crippen LogP contribution in [0, 0.1) is 5.41 Å². The number of benzene rings is 1. The summed E-state index contributed by atoms with van der Waals surface area (Å²) in [5.41, 5.74) is 7.64. The molecule has 1 aliphatic rings. The molecule has 1 aliphatic carbocycles. The van der Waals surface area contributed by atoms with Crippen LogP contribution in [0.2, 0.25) is 5.02 Å². The molecule has 0 amide bonds. The molecule has 0 unspecified atom stereocenters. The van der Waals surface area contributed by atoms with Gasteiger partial charge in [-0.25, -0.2) is 0 Å². The van der Waals surface area contributed by atoms with Gasteiger partial charge in [-0.2, -0.15) is 0 Å². The Kier molecular flexibility index (Phi) is 5.88. The lowest BCUT2D eigenvalue weighted by atomic mass is 9.80. The van der Waals surface area contributed by atoms with Crippen LogP contribution in [-0.2, 0) is 6.54 Å². The van der Waals surface area contributed by atoms with Crippen LogP contribution in [-0.4, -0.2) is 25.0 Å². The van der Waals surface area contributed by atoms with Gasteiger partial charge in [0, 0.05) is 18.1 Å². The quantitative estimate of drug-likeness (QED) is 0.830. The van der Waals surface area contributed by atoms with E-state index in [0.29, 0.717) is 5.41 Å². The Morgan fingerprint density at radius 2 is 1.80 bits per heavy atom. The molecule has 0 aromatic heterocycles. The van der Waals surface area contributed by atoms with Crippen LogP contribution >= 0.6 is 11.6 Å². The summed E-state index contributed by atoms with van der Waals surface area (Å²) in [5, 5.41) is 0.863. The molecule has 0 heterocycles. The molecule has 0 bridgehead atoms. The van der Waals surface area contributed by atoms with Gasteiger partial charge in [-0.3, -0.25) is 0 Å². The minimum Gasteiger partial charge on any atom is -0.330 e. The van der Waals surface area contributed by atoms with Crippen molar-refractivity contribution in [1.82, 2.24) is 4.90 Å². The molecule has 0 radical (unpaired) electrons. The predicted molar refractivity (Wildman–Crippen MR) is 87.0 cm³/mol. The van der Waals surface area contributed by atoms with Crippen LogP contribution in [0.5, 0.6) is 0 Å². The SMILES string of the molecule is CN(Cc1ccccc1Cl)CC1(CN)CCCCCC1. The minimum atomic E-state index is 0.312. The first-order valence-corrected chi connectivity index (χ1v) is 8.15. The second-order valence-electron chi connectivity index (χ2n) is 6.38. The molecule has 2 N–H and O–H groups in total. The van der Waals surface area contributed by atoms with E-state index < -0.39 is 0 Å². The zero-order valence-corrected chi connectivity index (χ0v) is 13.3. The maximum Gasteiger partial charge on any atom is 0.0451 e. The Hall–Kier alpha value is -0.570. The van der Waals surface area contributed by atoms with E-state index in [2.05, 4.69) is 24.1 Å². The van der Waals surface area contributed by atoms with Crippen LogP contribution in [0.4, 0.5) is 0 Å². The van der Waals surface area contributed by atoms with Crippen LogP contribution in [0.25, 0.3) is 0 Å². The average Bonchev–Trinajstić information content (AvgIpc) is 2.67. The summed E-state index contributed by atoms with van der Waals surface area (Å²) in [4.78, 5) is 2.39. The maximum atomic E-state index is 6.25. The molecule has 3 heteroatoms. The fraction of sp³-hybridized carbons (Fsp3) is 0.647. The second-order valence-corrected chi connectivity index (χ2v) is 6.79. The third kappa shape index (κ3) is 4.21. The highest BCUT2D eigenvalue weighted by Gasteiger charge is 2.30. The van der Waals surface area contributed by atoms with E-state index in [1.54, 1.807) is 0 Å². The molecule has 0 aliphatic heterocycles. The van der Waals surface area contributed by atoms with Crippen molar-refractivity contribution in [3.8, 4) is 0 Å². The van der Waals surface area contributed by atoms with Crippen molar-refractivity contribution in [2.24, 2.45) is 11.1 Å². The topological polar surface area (TPSA) is 29.3 Å². The van der Waals surface area contributed by atoms with Crippen molar-refractivity contribution in [2.75, 3.05) is 20.1 Å². The molecule has 1 aromatic rings. The van der Waals surface area contributed by atoms with Gasteiger partial charge in [0.15, 0.2) is 0 Å². The zero-order chi connectivity index (χ0) is 14.4. The van der Waals surface area contributed by atoms with Crippen molar-refractivity contribution in [3.63, 3.8) is 0 Å². The summed E-state index contributed by atoms with van der Waals surface area (Å²) >= 11 is 6.25. The fourth-order valence-corrected chi connectivity index (χ4v) is 3.65. The molecule has 2 rings (SSSR count). The third-order valence-corrected chi connectivity index (χ3v) is 4.97. The third-order valence-electron chi connectivity index (χ3n) is 4.60. The van der Waals surface area contributed by atoms with Gasteiger partial charge in [0.25, 0.3) is 0 Å². The van der Waals surface area contributed by atoms with E-state index >= 15 is 0 Å². The predicted octanol–water partition coefficient (Wildman–Crippen LogP) is 4.07. The number of hydrogen-bond donors (Lipinski definition) is 1. The van der Waals surface area contributed by atoms with Crippen molar-refractivity contribution in [2.45, 2.75) is 45.1 Å². The molecule has 2 nitrogen and oxygen atoms in total. The number of nitrogens with two attached hydrogens (primary N) is 1. The summed E-state index contributed by atoms with van der Waals surface area (Å²) in [7, 11) is 2.19. The maximum absolute atomic E-state index is 6.25. The normalized spacial score (nSPS) is 19.0. The number of hydrogen-bond acceptors (Lipinski definition) is 2. The minimum absolute atomic E-state index is 0.312. The van der Waals surface area contributed by atoms with Gasteiger partial charge in [0.2, 0.25) is 0 Å². The van der Waals surface area contributed by atoms with Gasteiger partial charge in [-0.15, -0.1) is 0 Å². The lowest BCUT2D eigenvalue weighted by Crippen LogP contribution is -2.40. The fourth-order valence-electron chi connectivity index (χ4n) is 3.45. The van der Waals surface area contributed by atoms with Crippen molar-refractivity contribution >= 4 is 11.6 Å². The van der Waals surface area contributed by atoms with E-state index in [0.717, 1.165) is 24.7 Å². The summed E-state index contributed by atoms with van der Waals surface area (Å²) in [6.07, 6.45) is 7.95. The monoisotopic (exact) mass is 294 g/mol. The largest absolute Gasteiger partial charge is 0.330 e. The first-order valence-electron chi connectivity index (χ1n) is 7.77. The lowest BCUT2D eigenvalue weighted by Gasteiger charge is -2.35.